The molecule has 4 rings (SSSR count). The van der Waals surface area contributed by atoms with Crippen LogP contribution in [0.4, 0.5) is 5.69 Å². The third-order valence-corrected chi connectivity index (χ3v) is 5.88. The van der Waals surface area contributed by atoms with Gasteiger partial charge in [-0.3, -0.25) is 19.1 Å². The van der Waals surface area contributed by atoms with E-state index in [0.717, 1.165) is 15.7 Å². The first-order valence-electron chi connectivity index (χ1n) is 9.45. The van der Waals surface area contributed by atoms with E-state index in [1.54, 1.807) is 36.7 Å². The molecular formula is C22H17BrN6O2S. The highest BCUT2D eigenvalue weighted by atomic mass is 79.9. The summed E-state index contributed by atoms with van der Waals surface area (Å²) in [5.41, 5.74) is 7.87. The van der Waals surface area contributed by atoms with E-state index < -0.39 is 5.91 Å². The lowest BCUT2D eigenvalue weighted by atomic mass is 10.2. The summed E-state index contributed by atoms with van der Waals surface area (Å²) in [7, 11) is 0. The van der Waals surface area contributed by atoms with Crippen LogP contribution in [0.15, 0.2) is 82.7 Å². The molecule has 0 atom stereocenters. The fourth-order valence-corrected chi connectivity index (χ4v) is 3.93. The SMILES string of the molecule is NC(=O)c1ccc(NC(=O)CSc2nnc(-c3cccnc3)n2-c2ccc(Br)cc2)cc1. The number of rotatable bonds is 7. The zero-order chi connectivity index (χ0) is 22.5. The normalized spacial score (nSPS) is 10.7. The average molecular weight is 509 g/mol. The van der Waals surface area contributed by atoms with Crippen molar-refractivity contribution >= 4 is 45.2 Å². The largest absolute Gasteiger partial charge is 0.366 e. The summed E-state index contributed by atoms with van der Waals surface area (Å²) in [6.07, 6.45) is 3.41. The lowest BCUT2D eigenvalue weighted by Crippen LogP contribution is -2.15. The number of amides is 2. The van der Waals surface area contributed by atoms with Gasteiger partial charge in [-0.05, 0) is 60.7 Å². The predicted molar refractivity (Wildman–Crippen MR) is 127 cm³/mol. The summed E-state index contributed by atoms with van der Waals surface area (Å²) in [5, 5.41) is 12.0. The molecule has 160 valence electrons. The van der Waals surface area contributed by atoms with E-state index in [9.17, 15) is 9.59 Å². The fraction of sp³-hybridized carbons (Fsp3) is 0.0455. The molecule has 0 aliphatic rings. The zero-order valence-electron chi connectivity index (χ0n) is 16.6. The molecule has 2 amide bonds. The predicted octanol–water partition coefficient (Wildman–Crippen LogP) is 3.92. The highest BCUT2D eigenvalue weighted by molar-refractivity contribution is 9.10. The van der Waals surface area contributed by atoms with Crippen LogP contribution in [-0.4, -0.2) is 37.3 Å². The van der Waals surface area contributed by atoms with Crippen molar-refractivity contribution in [3.05, 3.63) is 83.1 Å². The molecule has 0 saturated heterocycles. The van der Waals surface area contributed by atoms with Gasteiger partial charge < -0.3 is 11.1 Å². The summed E-state index contributed by atoms with van der Waals surface area (Å²) >= 11 is 4.72. The van der Waals surface area contributed by atoms with Crippen LogP contribution in [0.5, 0.6) is 0 Å². The maximum absolute atomic E-state index is 12.5. The smallest absolute Gasteiger partial charge is 0.248 e. The Morgan fingerprint density at radius 3 is 2.44 bits per heavy atom. The molecule has 3 N–H and O–H groups in total. The van der Waals surface area contributed by atoms with E-state index in [-0.39, 0.29) is 11.7 Å². The number of hydrogen-bond donors (Lipinski definition) is 2. The van der Waals surface area contributed by atoms with Crippen LogP contribution in [0.3, 0.4) is 0 Å². The van der Waals surface area contributed by atoms with Crippen molar-refractivity contribution < 1.29 is 9.59 Å². The van der Waals surface area contributed by atoms with Crippen molar-refractivity contribution in [2.24, 2.45) is 5.73 Å². The minimum atomic E-state index is -0.518. The number of nitrogens with two attached hydrogens (primary N) is 1. The molecule has 0 unspecified atom stereocenters. The number of anilines is 1. The van der Waals surface area contributed by atoms with Gasteiger partial charge in [0.15, 0.2) is 11.0 Å². The number of aromatic nitrogens is 4. The van der Waals surface area contributed by atoms with Gasteiger partial charge in [-0.25, -0.2) is 0 Å². The Labute approximate surface area is 196 Å². The first-order valence-corrected chi connectivity index (χ1v) is 11.2. The summed E-state index contributed by atoms with van der Waals surface area (Å²) in [5.74, 6) is 0.0230. The Hall–Kier alpha value is -3.50. The standard InChI is InChI=1S/C22H17BrN6O2S/c23-16-5-9-18(10-6-16)29-21(15-2-1-11-25-12-15)27-28-22(29)32-13-19(30)26-17-7-3-14(4-8-17)20(24)31/h1-12H,13H2,(H2,24,31)(H,26,30). The topological polar surface area (TPSA) is 116 Å². The van der Waals surface area contributed by atoms with E-state index in [2.05, 4.69) is 36.4 Å². The number of thioether (sulfide) groups is 1. The summed E-state index contributed by atoms with van der Waals surface area (Å²) in [6, 6.07) is 17.9. The molecule has 0 bridgehead atoms. The number of carbonyl (C=O) groups excluding carboxylic acids is 2. The molecule has 2 aromatic carbocycles. The first-order chi connectivity index (χ1) is 15.5. The Bertz CT molecular complexity index is 1240. The van der Waals surface area contributed by atoms with E-state index >= 15 is 0 Å². The maximum atomic E-state index is 12.5. The minimum Gasteiger partial charge on any atom is -0.366 e. The molecule has 32 heavy (non-hydrogen) atoms. The number of hydrogen-bond acceptors (Lipinski definition) is 6. The molecule has 0 radical (unpaired) electrons. The molecule has 0 aliphatic heterocycles. The van der Waals surface area contributed by atoms with E-state index in [1.165, 1.54) is 11.8 Å². The lowest BCUT2D eigenvalue weighted by Gasteiger charge is -2.10. The number of halogens is 1. The van der Waals surface area contributed by atoms with Gasteiger partial charge in [0, 0.05) is 39.4 Å². The van der Waals surface area contributed by atoms with Crippen LogP contribution >= 0.6 is 27.7 Å². The van der Waals surface area contributed by atoms with Crippen LogP contribution in [0, 0.1) is 0 Å². The zero-order valence-corrected chi connectivity index (χ0v) is 19.0. The molecular weight excluding hydrogens is 492 g/mol. The fourth-order valence-electron chi connectivity index (χ4n) is 2.91. The Balaban J connectivity index is 1.54. The summed E-state index contributed by atoms with van der Waals surface area (Å²) in [6.45, 7) is 0. The monoisotopic (exact) mass is 508 g/mol. The molecule has 0 aliphatic carbocycles. The van der Waals surface area contributed by atoms with E-state index in [4.69, 9.17) is 5.73 Å². The molecule has 4 aromatic rings. The van der Waals surface area contributed by atoms with Gasteiger partial charge in [-0.15, -0.1) is 10.2 Å². The second-order valence-electron chi connectivity index (χ2n) is 6.64. The Morgan fingerprint density at radius 1 is 1.03 bits per heavy atom. The number of pyridine rings is 1. The molecule has 10 heteroatoms. The molecule has 2 heterocycles. The second kappa shape index (κ2) is 9.75. The van der Waals surface area contributed by atoms with Crippen molar-refractivity contribution in [2.75, 3.05) is 11.1 Å². The number of primary amides is 1. The third-order valence-electron chi connectivity index (χ3n) is 4.42. The van der Waals surface area contributed by atoms with Crippen molar-refractivity contribution in [3.63, 3.8) is 0 Å². The summed E-state index contributed by atoms with van der Waals surface area (Å²) < 4.78 is 2.84. The van der Waals surface area contributed by atoms with Gasteiger partial charge in [-0.1, -0.05) is 27.7 Å². The van der Waals surface area contributed by atoms with Crippen LogP contribution in [-0.2, 0) is 4.79 Å². The summed E-state index contributed by atoms with van der Waals surface area (Å²) in [4.78, 5) is 27.8. The van der Waals surface area contributed by atoms with Crippen LogP contribution in [0.25, 0.3) is 17.1 Å². The van der Waals surface area contributed by atoms with Crippen molar-refractivity contribution in [2.45, 2.75) is 5.16 Å². The molecule has 0 saturated carbocycles. The van der Waals surface area contributed by atoms with Crippen molar-refractivity contribution in [1.29, 1.82) is 0 Å². The quantitative estimate of drug-likeness (QED) is 0.365. The molecule has 8 nitrogen and oxygen atoms in total. The minimum absolute atomic E-state index is 0.124. The molecule has 0 fully saturated rings. The van der Waals surface area contributed by atoms with E-state index in [0.29, 0.717) is 22.2 Å². The highest BCUT2D eigenvalue weighted by Gasteiger charge is 2.17. The lowest BCUT2D eigenvalue weighted by molar-refractivity contribution is -0.113. The number of nitrogens with zero attached hydrogens (tertiary/aromatic N) is 4. The Kier molecular flexibility index (Phi) is 6.62. The first kappa shape index (κ1) is 21.7. The highest BCUT2D eigenvalue weighted by Crippen LogP contribution is 2.28. The molecule has 2 aromatic heterocycles. The van der Waals surface area contributed by atoms with Gasteiger partial charge >= 0.3 is 0 Å². The Morgan fingerprint density at radius 2 is 1.78 bits per heavy atom. The number of carbonyl (C=O) groups is 2. The van der Waals surface area contributed by atoms with Crippen molar-refractivity contribution in [3.8, 4) is 17.1 Å². The van der Waals surface area contributed by atoms with Crippen LogP contribution in [0.1, 0.15) is 10.4 Å². The van der Waals surface area contributed by atoms with Gasteiger partial charge in [0.1, 0.15) is 0 Å². The number of benzene rings is 2. The van der Waals surface area contributed by atoms with Crippen molar-refractivity contribution in [1.82, 2.24) is 19.7 Å². The average Bonchev–Trinajstić information content (AvgIpc) is 3.23. The van der Waals surface area contributed by atoms with Gasteiger partial charge in [0.25, 0.3) is 0 Å². The van der Waals surface area contributed by atoms with Gasteiger partial charge in [0.2, 0.25) is 11.8 Å². The number of nitrogens with one attached hydrogen (secondary N) is 1. The maximum Gasteiger partial charge on any atom is 0.248 e. The van der Waals surface area contributed by atoms with Crippen LogP contribution in [0.2, 0.25) is 0 Å². The molecule has 0 spiro atoms. The third kappa shape index (κ3) is 5.04. The van der Waals surface area contributed by atoms with Gasteiger partial charge in [-0.2, -0.15) is 0 Å². The van der Waals surface area contributed by atoms with Crippen LogP contribution < -0.4 is 11.1 Å². The van der Waals surface area contributed by atoms with Gasteiger partial charge in [0.05, 0.1) is 5.75 Å². The second-order valence-corrected chi connectivity index (χ2v) is 8.50. The van der Waals surface area contributed by atoms with E-state index in [1.807, 2.05) is 41.0 Å².